The monoisotopic (exact) mass is 516 g/mol. The van der Waals surface area contributed by atoms with Gasteiger partial charge < -0.3 is 9.79 Å². The number of fused-ring (bicyclic) bond motifs is 2. The molecule has 0 spiro atoms. The highest BCUT2D eigenvalue weighted by atomic mass is 16.1. The number of carbonyl (C=O) groups is 1. The molecule has 0 aliphatic carbocycles. The summed E-state index contributed by atoms with van der Waals surface area (Å²) in [6.45, 7) is 6.80. The van der Waals surface area contributed by atoms with Gasteiger partial charge in [0, 0.05) is 36.2 Å². The van der Waals surface area contributed by atoms with E-state index in [1.54, 1.807) is 0 Å². The number of nitrogens with one attached hydrogen (secondary N) is 2. The molecule has 4 aromatic rings. The van der Waals surface area contributed by atoms with Crippen LogP contribution in [0, 0.1) is 5.92 Å². The lowest BCUT2D eigenvalue weighted by molar-refractivity contribution is -0.516. The summed E-state index contributed by atoms with van der Waals surface area (Å²) in [4.78, 5) is 13.8. The zero-order chi connectivity index (χ0) is 27.1. The van der Waals surface area contributed by atoms with Crippen molar-refractivity contribution in [2.45, 2.75) is 33.7 Å². The molecule has 2 aliphatic rings. The van der Waals surface area contributed by atoms with Crippen LogP contribution in [0.2, 0.25) is 0 Å². The van der Waals surface area contributed by atoms with Crippen molar-refractivity contribution in [1.82, 2.24) is 19.1 Å². The topological polar surface area (TPSA) is 61.0 Å². The van der Waals surface area contributed by atoms with E-state index in [1.165, 1.54) is 18.2 Å². The quantitative estimate of drug-likeness (QED) is 0.267. The van der Waals surface area contributed by atoms with Gasteiger partial charge in [-0.05, 0) is 53.8 Å². The van der Waals surface area contributed by atoms with Gasteiger partial charge in [0.25, 0.3) is 5.84 Å². The van der Waals surface area contributed by atoms with Crippen LogP contribution in [-0.4, -0.2) is 50.0 Å². The Morgan fingerprint density at radius 2 is 1.77 bits per heavy atom. The predicted molar refractivity (Wildman–Crippen MR) is 157 cm³/mol. The van der Waals surface area contributed by atoms with Crippen molar-refractivity contribution in [1.29, 1.82) is 0 Å². The van der Waals surface area contributed by atoms with Crippen molar-refractivity contribution in [3.05, 3.63) is 113 Å². The van der Waals surface area contributed by atoms with Gasteiger partial charge in [-0.25, -0.2) is 4.68 Å². The molecular weight excluding hydrogens is 483 g/mol. The maximum atomic E-state index is 11.6. The molecule has 0 unspecified atom stereocenters. The Labute approximate surface area is 230 Å². The average Bonchev–Trinajstić information content (AvgIpc) is 3.49. The number of amidine groups is 1. The molecule has 39 heavy (non-hydrogen) atoms. The van der Waals surface area contributed by atoms with Crippen LogP contribution in [0.15, 0.2) is 90.8 Å². The van der Waals surface area contributed by atoms with Gasteiger partial charge in [0.05, 0.1) is 12.7 Å². The summed E-state index contributed by atoms with van der Waals surface area (Å²) in [7, 11) is 4.32. The number of carbonyl (C=O) groups excluding carboxylic acids is 1. The second kappa shape index (κ2) is 10.0. The first-order chi connectivity index (χ1) is 18.9. The Kier molecular flexibility index (Phi) is 6.39. The lowest BCUT2D eigenvalue weighted by Gasteiger charge is -2.27. The predicted octanol–water partition coefficient (Wildman–Crippen LogP) is 5.03. The molecule has 0 bridgehead atoms. The van der Waals surface area contributed by atoms with E-state index >= 15 is 0 Å². The van der Waals surface area contributed by atoms with E-state index in [-0.39, 0.29) is 5.91 Å². The van der Waals surface area contributed by atoms with E-state index in [0.29, 0.717) is 5.92 Å². The van der Waals surface area contributed by atoms with E-state index < -0.39 is 0 Å². The number of amides is 1. The van der Waals surface area contributed by atoms with E-state index in [0.717, 1.165) is 52.8 Å². The summed E-state index contributed by atoms with van der Waals surface area (Å²) in [6, 6.07) is 23.0. The molecule has 1 radical (unpaired) electrons. The third kappa shape index (κ3) is 4.78. The van der Waals surface area contributed by atoms with Crippen molar-refractivity contribution in [2.75, 3.05) is 12.4 Å². The third-order valence-electron chi connectivity index (χ3n) is 7.11. The van der Waals surface area contributed by atoms with Crippen LogP contribution < -0.4 is 5.32 Å². The highest BCUT2D eigenvalue weighted by Crippen LogP contribution is 2.37. The summed E-state index contributed by atoms with van der Waals surface area (Å²) in [6.07, 6.45) is 7.60. The fourth-order valence-corrected chi connectivity index (χ4v) is 5.40. The lowest BCUT2D eigenvalue weighted by atomic mass is 9.91. The summed E-state index contributed by atoms with van der Waals surface area (Å²) in [5.74, 6) is 2.69. The summed E-state index contributed by atoms with van der Waals surface area (Å²) < 4.78 is 6.63. The lowest BCUT2D eigenvalue weighted by Crippen LogP contribution is -2.42. The normalized spacial score (nSPS) is 15.5. The minimum Gasteiger partial charge on any atom is -0.329 e. The smallest absolute Gasteiger partial charge is 0.329 e. The Bertz CT molecular complexity index is 1600. The number of benzene rings is 2. The van der Waals surface area contributed by atoms with Crippen LogP contribution in [0.3, 0.4) is 0 Å². The molecule has 0 saturated heterocycles. The molecule has 7 nitrogen and oxygen atoms in total. The van der Waals surface area contributed by atoms with Gasteiger partial charge >= 0.3 is 7.55 Å². The largest absolute Gasteiger partial charge is 0.553 e. The first kappa shape index (κ1) is 24.9. The highest BCUT2D eigenvalue weighted by molar-refractivity contribution is 6.40. The van der Waals surface area contributed by atoms with Crippen LogP contribution in [0.25, 0.3) is 11.4 Å². The van der Waals surface area contributed by atoms with Crippen LogP contribution in [0.4, 0.5) is 5.69 Å². The molecule has 0 saturated carbocycles. The number of allylic oxidation sites excluding steroid dienone is 1. The fourth-order valence-electron chi connectivity index (χ4n) is 5.40. The minimum absolute atomic E-state index is 0.0758. The Morgan fingerprint density at radius 1 is 1.03 bits per heavy atom. The maximum absolute atomic E-state index is 11.6. The van der Waals surface area contributed by atoms with Gasteiger partial charge in [0.1, 0.15) is 18.1 Å². The molecule has 2 aromatic carbocycles. The van der Waals surface area contributed by atoms with Gasteiger partial charge in [-0.1, -0.05) is 56.3 Å². The molecule has 6 rings (SSSR count). The Balaban J connectivity index is 1.42. The van der Waals surface area contributed by atoms with Crippen LogP contribution >= 0.6 is 0 Å². The van der Waals surface area contributed by atoms with Crippen molar-refractivity contribution >= 4 is 30.6 Å². The molecule has 2 N–H and O–H groups in total. The SMILES string of the molecule is CC(=O)Nc1ccc(C2=C3C=CC(=[N+](C)Cc4ccccc4)N3[B]n3c2ccc3-n2cc(CC(C)C)[nH]2)cc1. The highest BCUT2D eigenvalue weighted by Gasteiger charge is 2.40. The number of nitrogens with zero attached hydrogens (tertiary/aromatic N) is 4. The number of rotatable bonds is 7. The second-order valence-corrected chi connectivity index (χ2v) is 10.7. The molecular formula is C31H33BN6O+. The van der Waals surface area contributed by atoms with Crippen molar-refractivity contribution in [3.63, 3.8) is 0 Å². The van der Waals surface area contributed by atoms with Crippen LogP contribution in [0.5, 0.6) is 0 Å². The number of aromatic amines is 1. The molecule has 2 aromatic heterocycles. The standard InChI is InChI=1S/C31H32BN6O/c1-21(2)18-26-20-36(34-26)30-17-15-28-31(24-10-12-25(13-11-24)33-22(3)39)27-14-16-29(37(27)32-38(28)30)35(4)19-23-8-6-5-7-9-23/h5-17,20-21,34H,18-19H2,1-4H3/p+1. The van der Waals surface area contributed by atoms with Crippen LogP contribution in [-0.2, 0) is 17.8 Å². The molecule has 2 aliphatic heterocycles. The first-order valence-electron chi connectivity index (χ1n) is 13.4. The average molecular weight is 516 g/mol. The van der Waals surface area contributed by atoms with Crippen molar-refractivity contribution in [3.8, 4) is 5.82 Å². The van der Waals surface area contributed by atoms with Gasteiger partial charge in [0.15, 0.2) is 0 Å². The molecule has 0 atom stereocenters. The van der Waals surface area contributed by atoms with Gasteiger partial charge in [0.2, 0.25) is 5.91 Å². The molecule has 195 valence electrons. The van der Waals surface area contributed by atoms with E-state index in [2.05, 4.69) is 130 Å². The summed E-state index contributed by atoms with van der Waals surface area (Å²) in [5.41, 5.74) is 7.78. The molecule has 1 amide bonds. The first-order valence-corrected chi connectivity index (χ1v) is 13.4. The minimum atomic E-state index is -0.0758. The number of hydrogen-bond donors (Lipinski definition) is 2. The molecule has 4 heterocycles. The van der Waals surface area contributed by atoms with E-state index in [1.807, 2.05) is 12.1 Å². The van der Waals surface area contributed by atoms with Gasteiger partial charge in [-0.3, -0.25) is 19.3 Å². The van der Waals surface area contributed by atoms with E-state index in [4.69, 9.17) is 0 Å². The number of anilines is 1. The number of hydrogen-bond acceptors (Lipinski definition) is 1. The van der Waals surface area contributed by atoms with Gasteiger partial charge in [-0.15, -0.1) is 0 Å². The summed E-state index contributed by atoms with van der Waals surface area (Å²) in [5, 5.41) is 6.39. The molecule has 0 fully saturated rings. The Hall–Kier alpha value is -4.46. The van der Waals surface area contributed by atoms with Crippen molar-refractivity contribution < 1.29 is 9.37 Å². The van der Waals surface area contributed by atoms with Crippen LogP contribution in [0.1, 0.15) is 43.3 Å². The third-order valence-corrected chi connectivity index (χ3v) is 7.11. The number of aromatic nitrogens is 3. The van der Waals surface area contributed by atoms with Crippen molar-refractivity contribution in [2.24, 2.45) is 5.92 Å². The second-order valence-electron chi connectivity index (χ2n) is 10.7. The Morgan fingerprint density at radius 3 is 2.46 bits per heavy atom. The number of H-pyrrole nitrogens is 1. The zero-order valence-corrected chi connectivity index (χ0v) is 22.8. The summed E-state index contributed by atoms with van der Waals surface area (Å²) >= 11 is 0. The van der Waals surface area contributed by atoms with E-state index in [9.17, 15) is 4.79 Å². The zero-order valence-electron chi connectivity index (χ0n) is 22.8. The van der Waals surface area contributed by atoms with Gasteiger partial charge in [-0.2, -0.15) is 0 Å². The molecule has 8 heteroatoms. The fraction of sp³-hybridized carbons (Fsp3) is 0.226. The maximum Gasteiger partial charge on any atom is 0.553 e.